The number of rotatable bonds is 8. The second-order valence-corrected chi connectivity index (χ2v) is 8.09. The zero-order valence-corrected chi connectivity index (χ0v) is 17.0. The molecule has 0 atom stereocenters. The van der Waals surface area contributed by atoms with Crippen molar-refractivity contribution in [2.75, 3.05) is 22.4 Å². The minimum absolute atomic E-state index is 0.0723. The first-order valence-electron chi connectivity index (χ1n) is 8.32. The van der Waals surface area contributed by atoms with Crippen LogP contribution >= 0.6 is 11.6 Å². The lowest BCUT2D eigenvalue weighted by molar-refractivity contribution is 0.0365. The van der Waals surface area contributed by atoms with Crippen molar-refractivity contribution in [3.63, 3.8) is 0 Å². The number of nitrogens with zero attached hydrogens (tertiary/aromatic N) is 1. The van der Waals surface area contributed by atoms with Gasteiger partial charge in [0.2, 0.25) is 10.0 Å². The highest BCUT2D eigenvalue weighted by atomic mass is 35.5. The Morgan fingerprint density at radius 1 is 1.21 bits per heavy atom. The van der Waals surface area contributed by atoms with Gasteiger partial charge in [-0.15, -0.1) is 0 Å². The first-order valence-corrected chi connectivity index (χ1v) is 10.3. The number of hydroxylamine groups is 1. The zero-order valence-electron chi connectivity index (χ0n) is 15.5. The highest BCUT2D eigenvalue weighted by Crippen LogP contribution is 2.31. The number of sulfonamides is 1. The largest absolute Gasteiger partial charge is 0.353 e. The molecule has 28 heavy (non-hydrogen) atoms. The highest BCUT2D eigenvalue weighted by Gasteiger charge is 2.17. The van der Waals surface area contributed by atoms with Gasteiger partial charge in [-0.3, -0.25) is 14.4 Å². The number of carbonyl (C=O) groups excluding carboxylic acids is 1. The van der Waals surface area contributed by atoms with E-state index in [0.29, 0.717) is 0 Å². The summed E-state index contributed by atoms with van der Waals surface area (Å²) in [6.45, 7) is 4.93. The number of amides is 1. The molecule has 11 heteroatoms. The molecule has 1 heterocycles. The molecule has 3 N–H and O–H groups in total. The number of anilines is 3. The summed E-state index contributed by atoms with van der Waals surface area (Å²) in [6, 6.07) is 3.84. The standard InChI is InChI=1S/C17H20ClFN4O4S/c1-4-27-22-17(24)11-9-20-16(18)8-13(11)21-14-7-12(19)10(3)6-15(14)23-28(25,26)5-2/h6-9,23H,4-5H2,1-3H3,(H,20,21)(H,22,24). The van der Waals surface area contributed by atoms with Crippen LogP contribution in [0.25, 0.3) is 0 Å². The molecule has 0 unspecified atom stereocenters. The van der Waals surface area contributed by atoms with E-state index in [2.05, 4.69) is 20.5 Å². The topological polar surface area (TPSA) is 109 Å². The Bertz CT molecular complexity index is 985. The van der Waals surface area contributed by atoms with Crippen molar-refractivity contribution in [3.05, 3.63) is 46.5 Å². The van der Waals surface area contributed by atoms with Gasteiger partial charge in [0, 0.05) is 6.20 Å². The molecule has 0 saturated heterocycles. The Morgan fingerprint density at radius 3 is 2.57 bits per heavy atom. The van der Waals surface area contributed by atoms with E-state index in [1.807, 2.05) is 0 Å². The fourth-order valence-corrected chi connectivity index (χ4v) is 2.97. The predicted molar refractivity (Wildman–Crippen MR) is 106 cm³/mol. The van der Waals surface area contributed by atoms with Gasteiger partial charge in [0.1, 0.15) is 11.0 Å². The van der Waals surface area contributed by atoms with Crippen LogP contribution in [0.3, 0.4) is 0 Å². The third kappa shape index (κ3) is 5.54. The van der Waals surface area contributed by atoms with Gasteiger partial charge >= 0.3 is 0 Å². The van der Waals surface area contributed by atoms with Crippen LogP contribution in [0, 0.1) is 12.7 Å². The van der Waals surface area contributed by atoms with Crippen molar-refractivity contribution in [1.29, 1.82) is 0 Å². The molecule has 0 aliphatic heterocycles. The Kier molecular flexibility index (Phi) is 7.17. The molecule has 1 aromatic carbocycles. The number of nitrogens with one attached hydrogen (secondary N) is 3. The van der Waals surface area contributed by atoms with Gasteiger partial charge in [-0.1, -0.05) is 11.6 Å². The maximum Gasteiger partial charge on any atom is 0.278 e. The van der Waals surface area contributed by atoms with Gasteiger partial charge in [0.25, 0.3) is 5.91 Å². The summed E-state index contributed by atoms with van der Waals surface area (Å²) in [5.74, 6) is -1.31. The highest BCUT2D eigenvalue weighted by molar-refractivity contribution is 7.92. The number of aryl methyl sites for hydroxylation is 1. The summed E-state index contributed by atoms with van der Waals surface area (Å²) in [6.07, 6.45) is 1.22. The van der Waals surface area contributed by atoms with Crippen molar-refractivity contribution in [2.24, 2.45) is 0 Å². The molecule has 152 valence electrons. The minimum Gasteiger partial charge on any atom is -0.353 e. The first-order chi connectivity index (χ1) is 13.2. The summed E-state index contributed by atoms with van der Waals surface area (Å²) in [7, 11) is -3.61. The second kappa shape index (κ2) is 9.18. The van der Waals surface area contributed by atoms with Gasteiger partial charge < -0.3 is 5.32 Å². The lowest BCUT2D eigenvalue weighted by Gasteiger charge is -2.17. The Balaban J connectivity index is 2.49. The fourth-order valence-electron chi connectivity index (χ4n) is 2.16. The summed E-state index contributed by atoms with van der Waals surface area (Å²) < 4.78 is 40.5. The number of carbonyl (C=O) groups is 1. The normalized spacial score (nSPS) is 11.2. The SMILES string of the molecule is CCONC(=O)c1cnc(Cl)cc1Nc1cc(F)c(C)cc1NS(=O)(=O)CC. The van der Waals surface area contributed by atoms with Gasteiger partial charge in [0.15, 0.2) is 0 Å². The second-order valence-electron chi connectivity index (χ2n) is 5.69. The maximum atomic E-state index is 14.1. The van der Waals surface area contributed by atoms with E-state index in [1.54, 1.807) is 6.92 Å². The quantitative estimate of drug-likeness (QED) is 0.437. The summed E-state index contributed by atoms with van der Waals surface area (Å²) in [4.78, 5) is 21.0. The average Bonchev–Trinajstić information content (AvgIpc) is 2.63. The Morgan fingerprint density at radius 2 is 1.93 bits per heavy atom. The molecule has 1 aromatic heterocycles. The molecule has 0 fully saturated rings. The maximum absolute atomic E-state index is 14.1. The van der Waals surface area contributed by atoms with Gasteiger partial charge in [-0.25, -0.2) is 23.3 Å². The molecule has 0 aliphatic carbocycles. The minimum atomic E-state index is -3.61. The van der Waals surface area contributed by atoms with Crippen LogP contribution in [0.5, 0.6) is 0 Å². The lowest BCUT2D eigenvalue weighted by Crippen LogP contribution is -2.24. The Labute approximate surface area is 167 Å². The van der Waals surface area contributed by atoms with E-state index < -0.39 is 21.7 Å². The fraction of sp³-hybridized carbons (Fsp3) is 0.294. The molecule has 2 rings (SSSR count). The summed E-state index contributed by atoms with van der Waals surface area (Å²) in [5, 5.41) is 2.93. The van der Waals surface area contributed by atoms with Crippen LogP contribution in [0.4, 0.5) is 21.5 Å². The van der Waals surface area contributed by atoms with Crippen molar-refractivity contribution < 1.29 is 22.4 Å². The molecule has 1 amide bonds. The smallest absolute Gasteiger partial charge is 0.278 e. The molecule has 8 nitrogen and oxygen atoms in total. The number of benzene rings is 1. The van der Waals surface area contributed by atoms with Crippen molar-refractivity contribution in [3.8, 4) is 0 Å². The van der Waals surface area contributed by atoms with E-state index in [-0.39, 0.29) is 45.7 Å². The van der Waals surface area contributed by atoms with Crippen LogP contribution in [-0.2, 0) is 14.9 Å². The molecule has 2 aromatic rings. The molecule has 0 radical (unpaired) electrons. The van der Waals surface area contributed by atoms with Gasteiger partial charge in [-0.05, 0) is 44.5 Å². The monoisotopic (exact) mass is 430 g/mol. The predicted octanol–water partition coefficient (Wildman–Crippen LogP) is 3.37. The van der Waals surface area contributed by atoms with E-state index in [4.69, 9.17) is 16.4 Å². The van der Waals surface area contributed by atoms with Crippen molar-refractivity contribution in [2.45, 2.75) is 20.8 Å². The number of pyridine rings is 1. The van der Waals surface area contributed by atoms with Crippen LogP contribution < -0.4 is 15.5 Å². The molecule has 0 saturated carbocycles. The van der Waals surface area contributed by atoms with E-state index in [0.717, 1.165) is 6.07 Å². The van der Waals surface area contributed by atoms with Crippen molar-refractivity contribution in [1.82, 2.24) is 10.5 Å². The molecular formula is C17H20ClFN4O4S. The third-order valence-corrected chi connectivity index (χ3v) is 5.14. The van der Waals surface area contributed by atoms with Crippen LogP contribution in [0.15, 0.2) is 24.4 Å². The van der Waals surface area contributed by atoms with Gasteiger partial charge in [0.05, 0.1) is 35.0 Å². The van der Waals surface area contributed by atoms with Crippen molar-refractivity contribution >= 4 is 44.6 Å². The van der Waals surface area contributed by atoms with Crippen LogP contribution in [0.2, 0.25) is 5.15 Å². The number of aromatic nitrogens is 1. The average molecular weight is 431 g/mol. The zero-order chi connectivity index (χ0) is 20.9. The first kappa shape index (κ1) is 21.9. The summed E-state index contributed by atoms with van der Waals surface area (Å²) >= 11 is 5.92. The number of hydrogen-bond donors (Lipinski definition) is 3. The molecular weight excluding hydrogens is 411 g/mol. The van der Waals surface area contributed by atoms with Crippen LogP contribution in [0.1, 0.15) is 29.8 Å². The van der Waals surface area contributed by atoms with Crippen LogP contribution in [-0.4, -0.2) is 31.7 Å². The number of hydrogen-bond acceptors (Lipinski definition) is 6. The lowest BCUT2D eigenvalue weighted by atomic mass is 10.1. The third-order valence-electron chi connectivity index (χ3n) is 3.64. The van der Waals surface area contributed by atoms with E-state index in [9.17, 15) is 17.6 Å². The molecule has 0 aliphatic rings. The van der Waals surface area contributed by atoms with E-state index in [1.165, 1.54) is 32.2 Å². The Hall–Kier alpha value is -2.43. The number of halogens is 2. The molecule has 0 spiro atoms. The summed E-state index contributed by atoms with van der Waals surface area (Å²) in [5.41, 5.74) is 2.98. The molecule has 0 bridgehead atoms. The van der Waals surface area contributed by atoms with Gasteiger partial charge in [-0.2, -0.15) is 0 Å². The van der Waals surface area contributed by atoms with E-state index >= 15 is 0 Å².